The van der Waals surface area contributed by atoms with Crippen LogP contribution in [-0.2, 0) is 4.79 Å². The predicted molar refractivity (Wildman–Crippen MR) is 51.3 cm³/mol. The molecular formula is C8H16N4O. The summed E-state index contributed by atoms with van der Waals surface area (Å²) in [6.45, 7) is 5.62. The maximum absolute atomic E-state index is 11.0. The third kappa shape index (κ3) is 2.93. The number of aliphatic imine (C=N–C) groups is 1. The van der Waals surface area contributed by atoms with Crippen molar-refractivity contribution in [2.45, 2.75) is 19.9 Å². The average Bonchev–Trinajstić information content (AvgIpc) is 2.03. The van der Waals surface area contributed by atoms with Gasteiger partial charge >= 0.3 is 0 Å². The number of nitrogens with two attached hydrogens (primary N) is 1. The zero-order valence-electron chi connectivity index (χ0n) is 8.08. The molecule has 1 aliphatic heterocycles. The molecule has 1 saturated heterocycles. The van der Waals surface area contributed by atoms with E-state index < -0.39 is 0 Å². The fourth-order valence-electron chi connectivity index (χ4n) is 1.18. The zero-order chi connectivity index (χ0) is 9.84. The van der Waals surface area contributed by atoms with Crippen molar-refractivity contribution >= 4 is 11.9 Å². The highest BCUT2D eigenvalue weighted by atomic mass is 16.2. The minimum atomic E-state index is 0.00755. The summed E-state index contributed by atoms with van der Waals surface area (Å²) in [6, 6.07) is 0.171. The molecule has 0 aromatic heterocycles. The van der Waals surface area contributed by atoms with Gasteiger partial charge in [0.05, 0.1) is 6.54 Å². The van der Waals surface area contributed by atoms with Crippen LogP contribution >= 0.6 is 0 Å². The summed E-state index contributed by atoms with van der Waals surface area (Å²) in [4.78, 5) is 17.0. The Labute approximate surface area is 78.0 Å². The summed E-state index contributed by atoms with van der Waals surface area (Å²) in [5, 5.41) is 2.73. The molecule has 1 aliphatic rings. The van der Waals surface area contributed by atoms with E-state index in [4.69, 9.17) is 5.73 Å². The van der Waals surface area contributed by atoms with Crippen LogP contribution in [0.5, 0.6) is 0 Å². The third-order valence-electron chi connectivity index (χ3n) is 1.75. The Morgan fingerprint density at radius 3 is 2.92 bits per heavy atom. The van der Waals surface area contributed by atoms with Crippen molar-refractivity contribution in [3.63, 3.8) is 0 Å². The van der Waals surface area contributed by atoms with Crippen molar-refractivity contribution < 1.29 is 4.79 Å². The SMILES string of the molecule is CC(C)N=C(N)N1CCNC(=O)C1. The van der Waals surface area contributed by atoms with Gasteiger partial charge in [-0.3, -0.25) is 9.79 Å². The summed E-state index contributed by atoms with van der Waals surface area (Å²) >= 11 is 0. The molecule has 1 fully saturated rings. The Bertz CT molecular complexity index is 224. The number of hydrogen-bond donors (Lipinski definition) is 2. The van der Waals surface area contributed by atoms with Crippen LogP contribution in [0, 0.1) is 0 Å². The van der Waals surface area contributed by atoms with E-state index in [2.05, 4.69) is 10.3 Å². The van der Waals surface area contributed by atoms with E-state index in [1.165, 1.54) is 0 Å². The van der Waals surface area contributed by atoms with Crippen molar-refractivity contribution in [3.8, 4) is 0 Å². The molecule has 0 atom stereocenters. The standard InChI is InChI=1S/C8H16N4O/c1-6(2)11-8(9)12-4-3-10-7(13)5-12/h6H,3-5H2,1-2H3,(H2,9,11)(H,10,13). The maximum atomic E-state index is 11.0. The van der Waals surface area contributed by atoms with E-state index in [1.54, 1.807) is 4.90 Å². The monoisotopic (exact) mass is 184 g/mol. The predicted octanol–water partition coefficient (Wildman–Crippen LogP) is -0.859. The fourth-order valence-corrected chi connectivity index (χ4v) is 1.18. The van der Waals surface area contributed by atoms with Crippen molar-refractivity contribution in [1.82, 2.24) is 10.2 Å². The number of guanidine groups is 1. The first-order valence-corrected chi connectivity index (χ1v) is 4.44. The smallest absolute Gasteiger partial charge is 0.239 e. The highest BCUT2D eigenvalue weighted by Crippen LogP contribution is 1.95. The summed E-state index contributed by atoms with van der Waals surface area (Å²) in [7, 11) is 0. The average molecular weight is 184 g/mol. The van der Waals surface area contributed by atoms with E-state index in [0.29, 0.717) is 19.0 Å². The molecule has 0 aromatic rings. The summed E-state index contributed by atoms with van der Waals surface area (Å²) < 4.78 is 0. The zero-order valence-corrected chi connectivity index (χ0v) is 8.08. The largest absolute Gasteiger partial charge is 0.370 e. The molecule has 5 heteroatoms. The number of amides is 1. The van der Waals surface area contributed by atoms with E-state index in [-0.39, 0.29) is 11.9 Å². The van der Waals surface area contributed by atoms with Crippen molar-refractivity contribution in [2.24, 2.45) is 10.7 Å². The first-order valence-electron chi connectivity index (χ1n) is 4.44. The molecule has 0 bridgehead atoms. The second-order valence-corrected chi connectivity index (χ2v) is 3.35. The normalized spacial score (nSPS) is 19.2. The van der Waals surface area contributed by atoms with E-state index in [1.807, 2.05) is 13.8 Å². The highest BCUT2D eigenvalue weighted by molar-refractivity contribution is 5.86. The molecule has 1 rings (SSSR count). The van der Waals surface area contributed by atoms with Gasteiger partial charge in [0.1, 0.15) is 0 Å². The van der Waals surface area contributed by atoms with Crippen molar-refractivity contribution in [1.29, 1.82) is 0 Å². The molecule has 74 valence electrons. The van der Waals surface area contributed by atoms with E-state index in [0.717, 1.165) is 6.54 Å². The van der Waals surface area contributed by atoms with Gasteiger partial charge in [0.2, 0.25) is 5.91 Å². The minimum Gasteiger partial charge on any atom is -0.370 e. The topological polar surface area (TPSA) is 70.7 Å². The summed E-state index contributed by atoms with van der Waals surface area (Å²) in [5.41, 5.74) is 5.71. The molecule has 0 radical (unpaired) electrons. The number of nitrogens with zero attached hydrogens (tertiary/aromatic N) is 2. The molecule has 0 spiro atoms. The molecule has 0 unspecified atom stereocenters. The van der Waals surface area contributed by atoms with Crippen molar-refractivity contribution in [2.75, 3.05) is 19.6 Å². The van der Waals surface area contributed by atoms with Gasteiger partial charge in [-0.25, -0.2) is 0 Å². The highest BCUT2D eigenvalue weighted by Gasteiger charge is 2.17. The first kappa shape index (κ1) is 9.83. The van der Waals surface area contributed by atoms with Crippen LogP contribution < -0.4 is 11.1 Å². The third-order valence-corrected chi connectivity index (χ3v) is 1.75. The Morgan fingerprint density at radius 1 is 1.69 bits per heavy atom. The molecule has 0 aromatic carbocycles. The summed E-state index contributed by atoms with van der Waals surface area (Å²) in [5.74, 6) is 0.470. The lowest BCUT2D eigenvalue weighted by Crippen LogP contribution is -2.52. The van der Waals surface area contributed by atoms with Gasteiger partial charge in [-0.05, 0) is 13.8 Å². The Hall–Kier alpha value is -1.26. The molecule has 1 amide bonds. The van der Waals surface area contributed by atoms with Crippen LogP contribution in [0.25, 0.3) is 0 Å². The Morgan fingerprint density at radius 2 is 2.38 bits per heavy atom. The van der Waals surface area contributed by atoms with Crippen molar-refractivity contribution in [3.05, 3.63) is 0 Å². The van der Waals surface area contributed by atoms with E-state index >= 15 is 0 Å². The Balaban J connectivity index is 2.55. The molecule has 3 N–H and O–H groups in total. The number of piperazine rings is 1. The lowest BCUT2D eigenvalue weighted by atomic mass is 10.3. The lowest BCUT2D eigenvalue weighted by molar-refractivity contribution is -0.122. The second kappa shape index (κ2) is 4.11. The van der Waals surface area contributed by atoms with Gasteiger partial charge in [0.15, 0.2) is 5.96 Å². The van der Waals surface area contributed by atoms with Crippen LogP contribution in [0.1, 0.15) is 13.8 Å². The second-order valence-electron chi connectivity index (χ2n) is 3.35. The van der Waals surface area contributed by atoms with Gasteiger partial charge in [0.25, 0.3) is 0 Å². The van der Waals surface area contributed by atoms with E-state index in [9.17, 15) is 4.79 Å². The molecule has 1 heterocycles. The van der Waals surface area contributed by atoms with Crippen LogP contribution in [0.15, 0.2) is 4.99 Å². The van der Waals surface area contributed by atoms with Gasteiger partial charge in [0, 0.05) is 19.1 Å². The van der Waals surface area contributed by atoms with Gasteiger partial charge < -0.3 is 16.0 Å². The van der Waals surface area contributed by atoms with Gasteiger partial charge in [-0.1, -0.05) is 0 Å². The van der Waals surface area contributed by atoms with Crippen LogP contribution in [0.2, 0.25) is 0 Å². The maximum Gasteiger partial charge on any atom is 0.239 e. The fraction of sp³-hybridized carbons (Fsp3) is 0.750. The van der Waals surface area contributed by atoms with Gasteiger partial charge in [-0.15, -0.1) is 0 Å². The Kier molecular flexibility index (Phi) is 3.11. The molecule has 0 saturated carbocycles. The minimum absolute atomic E-state index is 0.00755. The molecule has 5 nitrogen and oxygen atoms in total. The quantitative estimate of drug-likeness (QED) is 0.411. The number of carbonyl (C=O) groups is 1. The number of nitrogens with one attached hydrogen (secondary N) is 1. The lowest BCUT2D eigenvalue weighted by Gasteiger charge is -2.27. The molecule has 13 heavy (non-hydrogen) atoms. The van der Waals surface area contributed by atoms with Crippen LogP contribution in [0.3, 0.4) is 0 Å². The summed E-state index contributed by atoms with van der Waals surface area (Å²) in [6.07, 6.45) is 0. The molecule has 0 aliphatic carbocycles. The first-order chi connectivity index (χ1) is 6.09. The van der Waals surface area contributed by atoms with Gasteiger partial charge in [-0.2, -0.15) is 0 Å². The van der Waals surface area contributed by atoms with Crippen LogP contribution in [-0.4, -0.2) is 42.4 Å². The number of hydrogen-bond acceptors (Lipinski definition) is 2. The van der Waals surface area contributed by atoms with Crippen LogP contribution in [0.4, 0.5) is 0 Å². The number of carbonyl (C=O) groups excluding carboxylic acids is 1. The molecular weight excluding hydrogens is 168 g/mol. The number of rotatable bonds is 1.